The van der Waals surface area contributed by atoms with Crippen LogP contribution >= 0.6 is 0 Å². The van der Waals surface area contributed by atoms with Crippen molar-refractivity contribution in [1.29, 1.82) is 5.26 Å². The molecule has 0 atom stereocenters. The summed E-state index contributed by atoms with van der Waals surface area (Å²) in [5.41, 5.74) is 0.142. The van der Waals surface area contributed by atoms with Crippen molar-refractivity contribution in [1.82, 2.24) is 0 Å². The summed E-state index contributed by atoms with van der Waals surface area (Å²) in [5, 5.41) is 18.5. The van der Waals surface area contributed by atoms with Crippen LogP contribution in [0, 0.1) is 27.5 Å². The van der Waals surface area contributed by atoms with Gasteiger partial charge in [-0.25, -0.2) is 0 Å². The van der Waals surface area contributed by atoms with Crippen LogP contribution in [0.1, 0.15) is 5.56 Å². The SMILES string of the molecule is N#Cc1c[c]cc([N+](=O)[O-])c1. The van der Waals surface area contributed by atoms with Crippen molar-refractivity contribution in [2.75, 3.05) is 0 Å². The molecular formula is C7H3N2O2. The summed E-state index contributed by atoms with van der Waals surface area (Å²) in [5.74, 6) is 0. The molecule has 0 heterocycles. The van der Waals surface area contributed by atoms with Crippen LogP contribution in [-0.4, -0.2) is 4.92 Å². The van der Waals surface area contributed by atoms with E-state index in [0.29, 0.717) is 0 Å². The van der Waals surface area contributed by atoms with Crippen LogP contribution < -0.4 is 0 Å². The lowest BCUT2D eigenvalue weighted by atomic mass is 10.2. The molecule has 0 amide bonds. The maximum Gasteiger partial charge on any atom is 0.271 e. The molecule has 4 nitrogen and oxygen atoms in total. The van der Waals surface area contributed by atoms with Crippen LogP contribution in [0.5, 0.6) is 0 Å². The number of benzene rings is 1. The summed E-state index contributed by atoms with van der Waals surface area (Å²) in [4.78, 5) is 9.59. The Morgan fingerprint density at radius 2 is 2.36 bits per heavy atom. The van der Waals surface area contributed by atoms with Gasteiger partial charge in [-0.3, -0.25) is 10.1 Å². The van der Waals surface area contributed by atoms with E-state index in [9.17, 15) is 10.1 Å². The third kappa shape index (κ3) is 1.52. The largest absolute Gasteiger partial charge is 0.271 e. The Morgan fingerprint density at radius 1 is 1.64 bits per heavy atom. The van der Waals surface area contributed by atoms with E-state index < -0.39 is 4.92 Å². The molecule has 1 rings (SSSR count). The molecule has 0 bridgehead atoms. The molecule has 1 aromatic carbocycles. The predicted molar refractivity (Wildman–Crippen MR) is 36.6 cm³/mol. The highest BCUT2D eigenvalue weighted by atomic mass is 16.6. The van der Waals surface area contributed by atoms with Crippen LogP contribution in [0.25, 0.3) is 0 Å². The predicted octanol–water partition coefficient (Wildman–Crippen LogP) is 1.27. The van der Waals surface area contributed by atoms with Crippen LogP contribution in [0.3, 0.4) is 0 Å². The number of nitro groups is 1. The fourth-order valence-electron chi connectivity index (χ4n) is 0.629. The zero-order valence-electron chi connectivity index (χ0n) is 5.44. The monoisotopic (exact) mass is 147 g/mol. The molecule has 4 heteroatoms. The van der Waals surface area contributed by atoms with Crippen molar-refractivity contribution in [3.8, 4) is 6.07 Å². The Labute approximate surface area is 62.8 Å². The number of non-ortho nitro benzene ring substituents is 1. The van der Waals surface area contributed by atoms with Gasteiger partial charge in [0.25, 0.3) is 5.69 Å². The zero-order valence-corrected chi connectivity index (χ0v) is 5.44. The second-order valence-electron chi connectivity index (χ2n) is 1.85. The van der Waals surface area contributed by atoms with Gasteiger partial charge in [0.05, 0.1) is 16.6 Å². The molecule has 0 aliphatic rings. The van der Waals surface area contributed by atoms with E-state index in [-0.39, 0.29) is 11.3 Å². The highest BCUT2D eigenvalue weighted by molar-refractivity contribution is 5.39. The van der Waals surface area contributed by atoms with Crippen LogP contribution in [0.15, 0.2) is 18.2 Å². The number of hydrogen-bond acceptors (Lipinski definition) is 3. The third-order valence-electron chi connectivity index (χ3n) is 1.11. The Hall–Kier alpha value is -1.89. The molecule has 0 fully saturated rings. The summed E-state index contributed by atoms with van der Waals surface area (Å²) >= 11 is 0. The minimum absolute atomic E-state index is 0.107. The summed E-state index contributed by atoms with van der Waals surface area (Å²) in [7, 11) is 0. The first-order chi connectivity index (χ1) is 5.24. The summed E-state index contributed by atoms with van der Waals surface area (Å²) < 4.78 is 0. The maximum absolute atomic E-state index is 10.1. The van der Waals surface area contributed by atoms with Crippen LogP contribution in [-0.2, 0) is 0 Å². The van der Waals surface area contributed by atoms with E-state index in [1.54, 1.807) is 6.07 Å². The van der Waals surface area contributed by atoms with Gasteiger partial charge in [-0.2, -0.15) is 5.26 Å². The van der Waals surface area contributed by atoms with Gasteiger partial charge in [-0.05, 0) is 12.1 Å². The van der Waals surface area contributed by atoms with Gasteiger partial charge in [-0.1, -0.05) is 0 Å². The standard InChI is InChI=1S/C7H3N2O2/c8-5-6-2-1-3-7(4-6)9(10)11/h2-4H. The highest BCUT2D eigenvalue weighted by Gasteiger charge is 2.04. The molecule has 0 aromatic heterocycles. The molecule has 0 aliphatic heterocycles. The van der Waals surface area contributed by atoms with Gasteiger partial charge in [-0.15, -0.1) is 0 Å². The lowest BCUT2D eigenvalue weighted by Gasteiger charge is -1.88. The van der Waals surface area contributed by atoms with E-state index >= 15 is 0 Å². The topological polar surface area (TPSA) is 66.9 Å². The highest BCUT2D eigenvalue weighted by Crippen LogP contribution is 2.10. The van der Waals surface area contributed by atoms with Crippen molar-refractivity contribution in [3.05, 3.63) is 39.9 Å². The van der Waals surface area contributed by atoms with Crippen LogP contribution in [0.2, 0.25) is 0 Å². The average molecular weight is 147 g/mol. The van der Waals surface area contributed by atoms with E-state index in [0.717, 1.165) is 0 Å². The molecule has 0 N–H and O–H groups in total. The summed E-state index contributed by atoms with van der Waals surface area (Å²) in [6.45, 7) is 0. The van der Waals surface area contributed by atoms with E-state index in [1.807, 2.05) is 0 Å². The van der Waals surface area contributed by atoms with Crippen molar-refractivity contribution < 1.29 is 4.92 Å². The van der Waals surface area contributed by atoms with Gasteiger partial charge in [0, 0.05) is 12.1 Å². The minimum atomic E-state index is -0.558. The molecule has 53 valence electrons. The quantitative estimate of drug-likeness (QED) is 0.443. The second-order valence-corrected chi connectivity index (χ2v) is 1.85. The molecule has 0 unspecified atom stereocenters. The van der Waals surface area contributed by atoms with E-state index in [2.05, 4.69) is 6.07 Å². The normalized spacial score (nSPS) is 8.64. The Morgan fingerprint density at radius 3 is 2.91 bits per heavy atom. The Bertz CT molecular complexity index is 327. The van der Waals surface area contributed by atoms with Crippen molar-refractivity contribution in [2.45, 2.75) is 0 Å². The molecule has 0 saturated heterocycles. The summed E-state index contributed by atoms with van der Waals surface area (Å²) in [6, 6.07) is 8.11. The van der Waals surface area contributed by atoms with Crippen LogP contribution in [0.4, 0.5) is 5.69 Å². The molecule has 1 aromatic rings. The molecular weight excluding hydrogens is 144 g/mol. The third-order valence-corrected chi connectivity index (χ3v) is 1.11. The first-order valence-electron chi connectivity index (χ1n) is 2.79. The van der Waals surface area contributed by atoms with E-state index in [4.69, 9.17) is 5.26 Å². The van der Waals surface area contributed by atoms with Gasteiger partial charge < -0.3 is 0 Å². The second kappa shape index (κ2) is 2.80. The molecule has 0 spiro atoms. The minimum Gasteiger partial charge on any atom is -0.258 e. The fourth-order valence-corrected chi connectivity index (χ4v) is 0.629. The van der Waals surface area contributed by atoms with Crippen molar-refractivity contribution in [2.24, 2.45) is 0 Å². The molecule has 0 aliphatic carbocycles. The lowest BCUT2D eigenvalue weighted by molar-refractivity contribution is -0.384. The van der Waals surface area contributed by atoms with Gasteiger partial charge >= 0.3 is 0 Å². The number of nitriles is 1. The average Bonchev–Trinajstić information content (AvgIpc) is 2.05. The van der Waals surface area contributed by atoms with Crippen molar-refractivity contribution >= 4 is 5.69 Å². The number of nitrogens with zero attached hydrogens (tertiary/aromatic N) is 2. The lowest BCUT2D eigenvalue weighted by Crippen LogP contribution is -1.87. The maximum atomic E-state index is 10.1. The smallest absolute Gasteiger partial charge is 0.258 e. The number of rotatable bonds is 1. The molecule has 11 heavy (non-hydrogen) atoms. The van der Waals surface area contributed by atoms with Gasteiger partial charge in [0.15, 0.2) is 0 Å². The first-order valence-corrected chi connectivity index (χ1v) is 2.79. The molecule has 0 saturated carbocycles. The van der Waals surface area contributed by atoms with Gasteiger partial charge in [0.2, 0.25) is 0 Å². The Kier molecular flexibility index (Phi) is 1.83. The van der Waals surface area contributed by atoms with E-state index in [1.165, 1.54) is 18.2 Å². The Balaban J connectivity index is 3.13. The zero-order chi connectivity index (χ0) is 8.27. The van der Waals surface area contributed by atoms with Crippen molar-refractivity contribution in [3.63, 3.8) is 0 Å². The summed E-state index contributed by atoms with van der Waals surface area (Å²) in [6.07, 6.45) is 0. The van der Waals surface area contributed by atoms with Gasteiger partial charge in [0.1, 0.15) is 0 Å². The number of hydrogen-bond donors (Lipinski definition) is 0. The fraction of sp³-hybridized carbons (Fsp3) is 0. The molecule has 1 radical (unpaired) electrons. The first kappa shape index (κ1) is 7.22. The number of nitro benzene ring substituents is 1.